The molecule has 162 valence electrons. The van der Waals surface area contributed by atoms with Gasteiger partial charge in [-0.15, -0.1) is 0 Å². The largest absolute Gasteiger partial charge is 0.439 e. The summed E-state index contributed by atoms with van der Waals surface area (Å²) in [6.45, 7) is 7.54. The van der Waals surface area contributed by atoms with Crippen molar-refractivity contribution in [3.05, 3.63) is 84.2 Å². The molecule has 2 aromatic heterocycles. The van der Waals surface area contributed by atoms with Crippen molar-refractivity contribution in [3.8, 4) is 29.0 Å². The highest BCUT2D eigenvalue weighted by atomic mass is 16.5. The van der Waals surface area contributed by atoms with E-state index in [2.05, 4.69) is 27.7 Å². The molecular weight excluding hydrogens is 400 g/mol. The minimum atomic E-state index is -0.487. The third-order valence-corrected chi connectivity index (χ3v) is 4.84. The van der Waals surface area contributed by atoms with E-state index in [1.54, 1.807) is 55.3 Å². The van der Waals surface area contributed by atoms with Crippen molar-refractivity contribution >= 4 is 5.71 Å². The Morgan fingerprint density at radius 2 is 2.06 bits per heavy atom. The summed E-state index contributed by atoms with van der Waals surface area (Å²) in [6.07, 6.45) is 7.06. The molecule has 2 N–H and O–H groups in total. The molecule has 0 aliphatic carbocycles. The van der Waals surface area contributed by atoms with Gasteiger partial charge >= 0.3 is 0 Å². The van der Waals surface area contributed by atoms with E-state index in [4.69, 9.17) is 10.5 Å². The molecule has 2 heterocycles. The number of nitrogens with two attached hydrogens (primary N) is 1. The van der Waals surface area contributed by atoms with Gasteiger partial charge in [-0.05, 0) is 49.8 Å². The van der Waals surface area contributed by atoms with Gasteiger partial charge in [-0.3, -0.25) is 9.98 Å². The molecule has 0 fully saturated rings. The van der Waals surface area contributed by atoms with Gasteiger partial charge in [0, 0.05) is 37.5 Å². The first kappa shape index (κ1) is 22.7. The summed E-state index contributed by atoms with van der Waals surface area (Å²) in [5.74, 6) is 1.01. The van der Waals surface area contributed by atoms with Gasteiger partial charge in [-0.2, -0.15) is 10.4 Å². The van der Waals surface area contributed by atoms with Crippen LogP contribution >= 0.6 is 0 Å². The summed E-state index contributed by atoms with van der Waals surface area (Å²) >= 11 is 0. The summed E-state index contributed by atoms with van der Waals surface area (Å²) in [6, 6.07) is 13.1. The van der Waals surface area contributed by atoms with Crippen LogP contribution in [0.4, 0.5) is 0 Å². The van der Waals surface area contributed by atoms with Crippen LogP contribution in [0.25, 0.3) is 11.3 Å². The lowest BCUT2D eigenvalue weighted by atomic mass is 9.96. The predicted octanol–water partition coefficient (Wildman–Crippen LogP) is 4.50. The Balaban J connectivity index is 2.01. The first-order chi connectivity index (χ1) is 15.3. The van der Waals surface area contributed by atoms with Gasteiger partial charge < -0.3 is 10.5 Å². The maximum Gasteiger partial charge on any atom is 0.218 e. The summed E-state index contributed by atoms with van der Waals surface area (Å²) in [5.41, 5.74) is 9.91. The lowest BCUT2D eigenvalue weighted by molar-refractivity contribution is 0.432. The Morgan fingerprint density at radius 3 is 2.66 bits per heavy atom. The lowest BCUT2D eigenvalue weighted by Crippen LogP contribution is -2.28. The number of benzene rings is 1. The molecule has 0 saturated carbocycles. The second-order valence-electron chi connectivity index (χ2n) is 7.77. The van der Waals surface area contributed by atoms with Crippen LogP contribution in [-0.2, 0) is 12.6 Å². The average Bonchev–Trinajstić information content (AvgIpc) is 3.13. The van der Waals surface area contributed by atoms with Crippen molar-refractivity contribution < 1.29 is 4.74 Å². The minimum absolute atomic E-state index is 0.482. The van der Waals surface area contributed by atoms with E-state index in [0.29, 0.717) is 34.3 Å². The highest BCUT2D eigenvalue weighted by Gasteiger charge is 2.17. The number of nitriles is 1. The molecule has 3 rings (SSSR count). The van der Waals surface area contributed by atoms with Crippen LogP contribution in [0.3, 0.4) is 0 Å². The Hall–Kier alpha value is -4.02. The van der Waals surface area contributed by atoms with E-state index in [1.165, 1.54) is 0 Å². The van der Waals surface area contributed by atoms with E-state index in [0.717, 1.165) is 11.1 Å². The van der Waals surface area contributed by atoms with Crippen molar-refractivity contribution in [2.75, 3.05) is 7.05 Å². The Labute approximate surface area is 188 Å². The molecule has 7 heteroatoms. The fraction of sp³-hybridized carbons (Fsp3) is 0.200. The molecule has 0 spiro atoms. The van der Waals surface area contributed by atoms with Crippen LogP contribution in [0.5, 0.6) is 11.6 Å². The Morgan fingerprint density at radius 1 is 1.28 bits per heavy atom. The van der Waals surface area contributed by atoms with E-state index in [1.807, 2.05) is 38.1 Å². The molecule has 0 saturated heterocycles. The van der Waals surface area contributed by atoms with Gasteiger partial charge in [-0.1, -0.05) is 24.8 Å². The zero-order valence-corrected chi connectivity index (χ0v) is 18.7. The first-order valence-corrected chi connectivity index (χ1v) is 10.0. The van der Waals surface area contributed by atoms with Gasteiger partial charge in [0.15, 0.2) is 0 Å². The van der Waals surface area contributed by atoms with Crippen LogP contribution in [0.1, 0.15) is 30.7 Å². The van der Waals surface area contributed by atoms with Crippen molar-refractivity contribution in [1.82, 2.24) is 14.8 Å². The van der Waals surface area contributed by atoms with Gasteiger partial charge in [0.2, 0.25) is 5.88 Å². The van der Waals surface area contributed by atoms with Crippen LogP contribution in [0.2, 0.25) is 0 Å². The maximum absolute atomic E-state index is 9.38. The van der Waals surface area contributed by atoms with Crippen molar-refractivity contribution in [3.63, 3.8) is 0 Å². The second-order valence-corrected chi connectivity index (χ2v) is 7.77. The molecule has 0 aliphatic rings. The fourth-order valence-electron chi connectivity index (χ4n) is 3.04. The number of pyridine rings is 1. The molecule has 0 amide bonds. The number of aliphatic imine (C=N–C) groups is 1. The predicted molar refractivity (Wildman–Crippen MR) is 127 cm³/mol. The number of rotatable bonds is 7. The summed E-state index contributed by atoms with van der Waals surface area (Å²) in [5, 5.41) is 13.9. The minimum Gasteiger partial charge on any atom is -0.439 e. The van der Waals surface area contributed by atoms with E-state index in [9.17, 15) is 5.26 Å². The van der Waals surface area contributed by atoms with Crippen LogP contribution in [-0.4, -0.2) is 27.5 Å². The van der Waals surface area contributed by atoms with Gasteiger partial charge in [0.25, 0.3) is 0 Å². The Kier molecular flexibility index (Phi) is 6.67. The number of ether oxygens (including phenoxy) is 1. The average molecular weight is 427 g/mol. The molecule has 0 atom stereocenters. The molecule has 1 aromatic carbocycles. The zero-order valence-electron chi connectivity index (χ0n) is 18.7. The molecule has 0 bridgehead atoms. The van der Waals surface area contributed by atoms with Crippen molar-refractivity contribution in [2.24, 2.45) is 17.8 Å². The molecule has 0 radical (unpaired) electrons. The first-order valence-electron chi connectivity index (χ1n) is 10.0. The standard InChI is InChI=1S/C25H26N6O/c1-6-7-8-21(28-4)22-14-24(31(5)30-22)32-23-13-17(15-26)9-11-19(23)20-12-10-18(16-29-20)25(2,3)27/h6-14,16H,1,27H2,2-5H3/b8-7-,28-21?. The molecule has 7 nitrogen and oxygen atoms in total. The van der Waals surface area contributed by atoms with E-state index in [-0.39, 0.29) is 0 Å². The summed E-state index contributed by atoms with van der Waals surface area (Å²) in [4.78, 5) is 8.84. The molecule has 32 heavy (non-hydrogen) atoms. The molecular formula is C25H26N6O. The molecule has 0 aliphatic heterocycles. The third-order valence-electron chi connectivity index (χ3n) is 4.84. The van der Waals surface area contributed by atoms with E-state index >= 15 is 0 Å². The number of aryl methyl sites for hydroxylation is 1. The number of hydrogen-bond acceptors (Lipinski definition) is 6. The monoisotopic (exact) mass is 426 g/mol. The highest BCUT2D eigenvalue weighted by molar-refractivity contribution is 6.07. The van der Waals surface area contributed by atoms with E-state index < -0.39 is 5.54 Å². The third kappa shape index (κ3) is 4.99. The lowest BCUT2D eigenvalue weighted by Gasteiger charge is -2.19. The van der Waals surface area contributed by atoms with Gasteiger partial charge in [0.05, 0.1) is 23.0 Å². The smallest absolute Gasteiger partial charge is 0.218 e. The topological polar surface area (TPSA) is 102 Å². The normalized spacial score (nSPS) is 12.1. The molecule has 0 unspecified atom stereocenters. The highest BCUT2D eigenvalue weighted by Crippen LogP contribution is 2.34. The number of aromatic nitrogens is 3. The molecule has 3 aromatic rings. The van der Waals surface area contributed by atoms with Crippen LogP contribution in [0.15, 0.2) is 72.4 Å². The fourth-order valence-corrected chi connectivity index (χ4v) is 3.04. The van der Waals surface area contributed by atoms with Gasteiger partial charge in [0.1, 0.15) is 11.4 Å². The zero-order chi connectivity index (χ0) is 23.3. The Bertz CT molecular complexity index is 1220. The quantitative estimate of drug-likeness (QED) is 0.443. The van der Waals surface area contributed by atoms with Crippen molar-refractivity contribution in [1.29, 1.82) is 5.26 Å². The number of allylic oxidation sites excluding steroid dienone is 3. The SMILES string of the molecule is C=C/C=C\C(=NC)c1cc(Oc2cc(C#N)ccc2-c2ccc(C(C)(C)N)cn2)n(C)n1. The number of nitrogens with zero attached hydrogens (tertiary/aromatic N) is 5. The summed E-state index contributed by atoms with van der Waals surface area (Å²) < 4.78 is 7.82. The second kappa shape index (κ2) is 9.41. The number of hydrogen-bond donors (Lipinski definition) is 1. The van der Waals surface area contributed by atoms with Crippen LogP contribution in [0, 0.1) is 11.3 Å². The summed E-state index contributed by atoms with van der Waals surface area (Å²) in [7, 11) is 3.48. The van der Waals surface area contributed by atoms with Crippen molar-refractivity contribution in [2.45, 2.75) is 19.4 Å². The van der Waals surface area contributed by atoms with Crippen LogP contribution < -0.4 is 10.5 Å². The van der Waals surface area contributed by atoms with Gasteiger partial charge in [-0.25, -0.2) is 4.68 Å². The maximum atomic E-state index is 9.38.